The Morgan fingerprint density at radius 3 is 1.88 bits per heavy atom. The van der Waals surface area contributed by atoms with Crippen LogP contribution in [0.3, 0.4) is 0 Å². The molecule has 5 nitrogen and oxygen atoms in total. The average molecular weight is 455 g/mol. The average Bonchev–Trinajstić information content (AvgIpc) is 3.00. The minimum absolute atomic E-state index is 0.274. The van der Waals surface area contributed by atoms with E-state index in [1.54, 1.807) is 0 Å². The summed E-state index contributed by atoms with van der Waals surface area (Å²) in [4.78, 5) is 28.6. The van der Waals surface area contributed by atoms with Crippen LogP contribution >= 0.6 is 0 Å². The molecule has 5 heteroatoms. The second-order valence-electron chi connectivity index (χ2n) is 8.92. The van der Waals surface area contributed by atoms with Crippen molar-refractivity contribution in [3.8, 4) is 5.75 Å². The lowest BCUT2D eigenvalue weighted by Gasteiger charge is -2.17. The summed E-state index contributed by atoms with van der Waals surface area (Å²) in [5, 5.41) is 3.27. The molecule has 174 valence electrons. The molecule has 0 bridgehead atoms. The molecule has 1 aliphatic rings. The van der Waals surface area contributed by atoms with Gasteiger partial charge >= 0.3 is 0 Å². The zero-order chi connectivity index (χ0) is 24.4. The van der Waals surface area contributed by atoms with Crippen molar-refractivity contribution in [2.45, 2.75) is 41.0 Å². The van der Waals surface area contributed by atoms with Crippen molar-refractivity contribution in [1.82, 2.24) is 0 Å². The first-order chi connectivity index (χ1) is 16.3. The highest BCUT2D eigenvalue weighted by atomic mass is 16.5. The van der Waals surface area contributed by atoms with Gasteiger partial charge in [-0.05, 0) is 98.3 Å². The summed E-state index contributed by atoms with van der Waals surface area (Å²) in [7, 11) is 0. The molecule has 3 aromatic rings. The predicted octanol–water partition coefficient (Wildman–Crippen LogP) is 6.11. The Morgan fingerprint density at radius 2 is 1.32 bits per heavy atom. The number of ether oxygens (including phenoxy) is 1. The number of amides is 2. The van der Waals surface area contributed by atoms with Crippen molar-refractivity contribution in [2.75, 3.05) is 16.8 Å². The molecule has 4 rings (SSSR count). The zero-order valence-electron chi connectivity index (χ0n) is 20.4. The number of nitrogens with zero attached hydrogens (tertiary/aromatic N) is 1. The fraction of sp³-hybridized carbons (Fsp3) is 0.241. The molecule has 0 saturated carbocycles. The molecule has 1 N–H and O–H groups in total. The van der Waals surface area contributed by atoms with Gasteiger partial charge in [-0.1, -0.05) is 31.2 Å². The highest BCUT2D eigenvalue weighted by Gasteiger charge is 2.40. The van der Waals surface area contributed by atoms with Crippen LogP contribution in [0.1, 0.15) is 41.2 Å². The van der Waals surface area contributed by atoms with E-state index in [9.17, 15) is 9.59 Å². The number of hydrogen-bond acceptors (Lipinski definition) is 4. The third-order valence-corrected chi connectivity index (χ3v) is 5.66. The number of imide groups is 1. The van der Waals surface area contributed by atoms with Gasteiger partial charge in [0.1, 0.15) is 11.4 Å². The van der Waals surface area contributed by atoms with E-state index in [4.69, 9.17) is 4.74 Å². The lowest BCUT2D eigenvalue weighted by molar-refractivity contribution is -0.120. The van der Waals surface area contributed by atoms with E-state index in [0.717, 1.165) is 40.1 Å². The first-order valence-corrected chi connectivity index (χ1v) is 11.6. The highest BCUT2D eigenvalue weighted by Crippen LogP contribution is 2.35. The zero-order valence-corrected chi connectivity index (χ0v) is 20.4. The predicted molar refractivity (Wildman–Crippen MR) is 137 cm³/mol. The van der Waals surface area contributed by atoms with Crippen LogP contribution < -0.4 is 15.0 Å². The van der Waals surface area contributed by atoms with Crippen LogP contribution in [0.25, 0.3) is 5.57 Å². The van der Waals surface area contributed by atoms with Gasteiger partial charge in [0.05, 0.1) is 17.9 Å². The second kappa shape index (κ2) is 9.56. The maximum atomic E-state index is 13.7. The molecule has 1 aliphatic heterocycles. The van der Waals surface area contributed by atoms with Crippen LogP contribution in [-0.2, 0) is 9.59 Å². The van der Waals surface area contributed by atoms with E-state index < -0.39 is 0 Å². The molecular formula is C29H30N2O3. The monoisotopic (exact) mass is 454 g/mol. The van der Waals surface area contributed by atoms with Gasteiger partial charge in [-0.25, -0.2) is 4.90 Å². The maximum Gasteiger partial charge on any atom is 0.282 e. The summed E-state index contributed by atoms with van der Waals surface area (Å²) in [6.07, 6.45) is 0.911. The first-order valence-electron chi connectivity index (χ1n) is 11.6. The Hall–Kier alpha value is -3.86. The van der Waals surface area contributed by atoms with Crippen LogP contribution in [0.5, 0.6) is 5.75 Å². The second-order valence-corrected chi connectivity index (χ2v) is 8.92. The summed E-state index contributed by atoms with van der Waals surface area (Å²) in [5.74, 6) is 0.0255. The van der Waals surface area contributed by atoms with Crippen LogP contribution in [0, 0.1) is 27.7 Å². The van der Waals surface area contributed by atoms with E-state index in [1.807, 2.05) is 82.3 Å². The van der Waals surface area contributed by atoms with Gasteiger partial charge in [-0.15, -0.1) is 0 Å². The standard InChI is InChI=1S/C29H30N2O3/c1-6-11-34-25-9-7-22(8-10-25)26-27(30-23-14-18(2)12-19(3)15-23)29(33)31(28(26)32)24-16-20(4)13-21(5)17-24/h7-10,12-17,30H,6,11H2,1-5H3. The molecule has 34 heavy (non-hydrogen) atoms. The summed E-state index contributed by atoms with van der Waals surface area (Å²) in [6.45, 7) is 10.6. The SMILES string of the molecule is CCCOc1ccc(C2=C(Nc3cc(C)cc(C)c3)C(=O)N(c3cc(C)cc(C)c3)C2=O)cc1. The number of carbonyl (C=O) groups excluding carboxylic acids is 2. The maximum absolute atomic E-state index is 13.7. The molecule has 3 aromatic carbocycles. The van der Waals surface area contributed by atoms with Gasteiger partial charge in [0, 0.05) is 5.69 Å². The summed E-state index contributed by atoms with van der Waals surface area (Å²) in [5.41, 5.74) is 6.77. The van der Waals surface area contributed by atoms with Gasteiger partial charge < -0.3 is 10.1 Å². The molecule has 0 aliphatic carbocycles. The number of rotatable bonds is 7. The largest absolute Gasteiger partial charge is 0.494 e. The van der Waals surface area contributed by atoms with Crippen molar-refractivity contribution < 1.29 is 14.3 Å². The number of carbonyl (C=O) groups is 2. The summed E-state index contributed by atoms with van der Waals surface area (Å²) in [6, 6.07) is 19.1. The summed E-state index contributed by atoms with van der Waals surface area (Å²) >= 11 is 0. The fourth-order valence-corrected chi connectivity index (χ4v) is 4.36. The molecule has 0 spiro atoms. The van der Waals surface area contributed by atoms with E-state index in [0.29, 0.717) is 23.4 Å². The van der Waals surface area contributed by atoms with Gasteiger partial charge in [0.25, 0.3) is 11.8 Å². The van der Waals surface area contributed by atoms with Crippen LogP contribution in [0.4, 0.5) is 11.4 Å². The van der Waals surface area contributed by atoms with E-state index in [2.05, 4.69) is 18.3 Å². The quantitative estimate of drug-likeness (QED) is 0.438. The van der Waals surface area contributed by atoms with Gasteiger partial charge in [0.2, 0.25) is 0 Å². The molecular weight excluding hydrogens is 424 g/mol. The topological polar surface area (TPSA) is 58.6 Å². The molecule has 0 radical (unpaired) electrons. The molecule has 0 unspecified atom stereocenters. The van der Waals surface area contributed by atoms with Crippen LogP contribution in [0.15, 0.2) is 66.4 Å². The highest BCUT2D eigenvalue weighted by molar-refractivity contribution is 6.46. The van der Waals surface area contributed by atoms with Crippen molar-refractivity contribution in [1.29, 1.82) is 0 Å². The van der Waals surface area contributed by atoms with Gasteiger partial charge in [-0.2, -0.15) is 0 Å². The van der Waals surface area contributed by atoms with Crippen molar-refractivity contribution in [3.63, 3.8) is 0 Å². The Bertz CT molecular complexity index is 1250. The number of anilines is 2. The summed E-state index contributed by atoms with van der Waals surface area (Å²) < 4.78 is 5.69. The molecule has 0 aromatic heterocycles. The van der Waals surface area contributed by atoms with Crippen molar-refractivity contribution in [3.05, 3.63) is 94.2 Å². The van der Waals surface area contributed by atoms with Crippen LogP contribution in [0.2, 0.25) is 0 Å². The minimum Gasteiger partial charge on any atom is -0.494 e. The Labute approximate surface area is 201 Å². The molecule has 1 heterocycles. The molecule has 2 amide bonds. The minimum atomic E-state index is -0.365. The van der Waals surface area contributed by atoms with Gasteiger partial charge in [-0.3, -0.25) is 9.59 Å². The first kappa shape index (κ1) is 23.3. The molecule has 0 atom stereocenters. The Morgan fingerprint density at radius 1 is 0.765 bits per heavy atom. The normalized spacial score (nSPS) is 13.6. The lowest BCUT2D eigenvalue weighted by atomic mass is 10.0. The van der Waals surface area contributed by atoms with Crippen LogP contribution in [-0.4, -0.2) is 18.4 Å². The van der Waals surface area contributed by atoms with E-state index in [-0.39, 0.29) is 17.5 Å². The number of benzene rings is 3. The fourth-order valence-electron chi connectivity index (χ4n) is 4.36. The Kier molecular flexibility index (Phi) is 6.55. The van der Waals surface area contributed by atoms with E-state index in [1.165, 1.54) is 4.90 Å². The Balaban J connectivity index is 1.80. The molecule has 0 fully saturated rings. The van der Waals surface area contributed by atoms with Crippen molar-refractivity contribution >= 4 is 28.8 Å². The number of aryl methyl sites for hydroxylation is 4. The van der Waals surface area contributed by atoms with Gasteiger partial charge in [0.15, 0.2) is 0 Å². The van der Waals surface area contributed by atoms with E-state index >= 15 is 0 Å². The van der Waals surface area contributed by atoms with Crippen molar-refractivity contribution in [2.24, 2.45) is 0 Å². The lowest BCUT2D eigenvalue weighted by Crippen LogP contribution is -2.32. The number of hydrogen-bond donors (Lipinski definition) is 1. The third kappa shape index (κ3) is 4.74. The smallest absolute Gasteiger partial charge is 0.282 e. The molecule has 0 saturated heterocycles. The third-order valence-electron chi connectivity index (χ3n) is 5.66. The number of nitrogens with one attached hydrogen (secondary N) is 1.